The first-order valence-electron chi connectivity index (χ1n) is 7.32. The summed E-state index contributed by atoms with van der Waals surface area (Å²) in [6, 6.07) is 7.73. The van der Waals surface area contributed by atoms with Gasteiger partial charge in [-0.05, 0) is 42.3 Å². The highest BCUT2D eigenvalue weighted by atomic mass is 19.4. The lowest BCUT2D eigenvalue weighted by molar-refractivity contribution is -0.137. The van der Waals surface area contributed by atoms with E-state index in [9.17, 15) is 18.0 Å². The lowest BCUT2D eigenvalue weighted by Crippen LogP contribution is -2.15. The van der Waals surface area contributed by atoms with Crippen LogP contribution in [0, 0.1) is 5.92 Å². The normalized spacial score (nSPS) is 11.4. The van der Waals surface area contributed by atoms with Gasteiger partial charge in [0.15, 0.2) is 11.6 Å². The molecule has 0 aliphatic heterocycles. The lowest BCUT2D eigenvalue weighted by atomic mass is 10.1. The van der Waals surface area contributed by atoms with E-state index in [-0.39, 0.29) is 11.8 Å². The van der Waals surface area contributed by atoms with Gasteiger partial charge in [-0.25, -0.2) is 0 Å². The zero-order valence-electron chi connectivity index (χ0n) is 13.2. The van der Waals surface area contributed by atoms with Crippen LogP contribution in [0.3, 0.4) is 0 Å². The van der Waals surface area contributed by atoms with Crippen molar-refractivity contribution in [2.75, 3.05) is 10.6 Å². The Bertz CT molecular complexity index is 682. The van der Waals surface area contributed by atoms with Crippen LogP contribution in [-0.2, 0) is 11.0 Å². The third kappa shape index (κ3) is 5.22. The topological polar surface area (TPSA) is 66.9 Å². The van der Waals surface area contributed by atoms with Gasteiger partial charge in [0.05, 0.1) is 5.56 Å². The Morgan fingerprint density at radius 2 is 1.62 bits per heavy atom. The van der Waals surface area contributed by atoms with Gasteiger partial charge in [0.1, 0.15) is 0 Å². The maximum atomic E-state index is 12.5. The Labute approximate surface area is 137 Å². The molecule has 0 bridgehead atoms. The maximum absolute atomic E-state index is 12.5. The Morgan fingerprint density at radius 1 is 1.04 bits per heavy atom. The Balaban J connectivity index is 1.97. The first-order valence-corrected chi connectivity index (χ1v) is 7.32. The summed E-state index contributed by atoms with van der Waals surface area (Å²) in [5, 5.41) is 13.2. The molecular weight excluding hydrogens is 321 g/mol. The molecule has 1 amide bonds. The number of nitrogens with one attached hydrogen (secondary N) is 2. The van der Waals surface area contributed by atoms with E-state index in [1.54, 1.807) is 12.1 Å². The van der Waals surface area contributed by atoms with Gasteiger partial charge in [0, 0.05) is 12.1 Å². The summed E-state index contributed by atoms with van der Waals surface area (Å²) in [6.45, 7) is 3.87. The van der Waals surface area contributed by atoms with Crippen LogP contribution in [-0.4, -0.2) is 16.1 Å². The van der Waals surface area contributed by atoms with Crippen LogP contribution >= 0.6 is 0 Å². The van der Waals surface area contributed by atoms with E-state index in [0.29, 0.717) is 23.7 Å². The number of hydrogen-bond donors (Lipinski definition) is 2. The van der Waals surface area contributed by atoms with Gasteiger partial charge < -0.3 is 10.6 Å². The molecule has 1 aromatic carbocycles. The first kappa shape index (κ1) is 17.7. The molecule has 8 heteroatoms. The number of anilines is 3. The van der Waals surface area contributed by atoms with Gasteiger partial charge in [-0.3, -0.25) is 4.79 Å². The molecule has 0 atom stereocenters. The molecule has 0 unspecified atom stereocenters. The molecule has 1 aromatic heterocycles. The van der Waals surface area contributed by atoms with Gasteiger partial charge in [0.25, 0.3) is 0 Å². The largest absolute Gasteiger partial charge is 0.416 e. The zero-order valence-corrected chi connectivity index (χ0v) is 13.2. The van der Waals surface area contributed by atoms with Gasteiger partial charge in [0.2, 0.25) is 5.91 Å². The van der Waals surface area contributed by atoms with Gasteiger partial charge >= 0.3 is 6.18 Å². The number of aromatic nitrogens is 2. The van der Waals surface area contributed by atoms with Crippen molar-refractivity contribution in [2.24, 2.45) is 5.92 Å². The molecule has 0 fully saturated rings. The molecule has 24 heavy (non-hydrogen) atoms. The summed E-state index contributed by atoms with van der Waals surface area (Å²) in [5.41, 5.74) is -0.267. The second-order valence-electron chi connectivity index (χ2n) is 5.65. The number of hydrogen-bond acceptors (Lipinski definition) is 4. The van der Waals surface area contributed by atoms with E-state index >= 15 is 0 Å². The number of halogens is 3. The highest BCUT2D eigenvalue weighted by molar-refractivity contribution is 5.89. The van der Waals surface area contributed by atoms with Crippen LogP contribution in [0.25, 0.3) is 0 Å². The van der Waals surface area contributed by atoms with E-state index < -0.39 is 11.7 Å². The average Bonchev–Trinajstić information content (AvgIpc) is 2.48. The maximum Gasteiger partial charge on any atom is 0.416 e. The minimum Gasteiger partial charge on any atom is -0.339 e. The number of benzene rings is 1. The number of carbonyl (C=O) groups excluding carboxylic acids is 1. The van der Waals surface area contributed by atoms with Crippen LogP contribution in [0.5, 0.6) is 0 Å². The molecule has 0 spiro atoms. The fraction of sp³-hybridized carbons (Fsp3) is 0.312. The van der Waals surface area contributed by atoms with Crippen molar-refractivity contribution < 1.29 is 18.0 Å². The Morgan fingerprint density at radius 3 is 2.12 bits per heavy atom. The summed E-state index contributed by atoms with van der Waals surface area (Å²) >= 11 is 0. The number of alkyl halides is 3. The number of nitrogens with zero attached hydrogens (tertiary/aromatic N) is 2. The molecular formula is C16H17F3N4O. The molecule has 1 heterocycles. The number of amides is 1. The van der Waals surface area contributed by atoms with E-state index in [1.165, 1.54) is 12.1 Å². The van der Waals surface area contributed by atoms with Gasteiger partial charge in [-0.2, -0.15) is 13.2 Å². The van der Waals surface area contributed by atoms with Crippen molar-refractivity contribution >= 4 is 23.2 Å². The van der Waals surface area contributed by atoms with Crippen molar-refractivity contribution in [3.63, 3.8) is 0 Å². The summed E-state index contributed by atoms with van der Waals surface area (Å²) in [7, 11) is 0. The fourth-order valence-corrected chi connectivity index (χ4v) is 1.92. The molecule has 0 aliphatic carbocycles. The lowest BCUT2D eigenvalue weighted by Gasteiger charge is -2.09. The van der Waals surface area contributed by atoms with Crippen molar-refractivity contribution in [3.8, 4) is 0 Å². The van der Waals surface area contributed by atoms with Crippen LogP contribution in [0.1, 0.15) is 25.8 Å². The Hall–Kier alpha value is -2.64. The molecule has 2 rings (SSSR count). The minimum atomic E-state index is -4.37. The van der Waals surface area contributed by atoms with Crippen LogP contribution in [0.2, 0.25) is 0 Å². The van der Waals surface area contributed by atoms with Crippen molar-refractivity contribution in [1.82, 2.24) is 10.2 Å². The smallest absolute Gasteiger partial charge is 0.339 e. The SMILES string of the molecule is CC(C)CC(=O)Nc1ccc(Nc2ccc(C(F)(F)F)cc2)nn1. The van der Waals surface area contributed by atoms with Gasteiger partial charge in [-0.1, -0.05) is 13.8 Å². The second kappa shape index (κ2) is 7.29. The standard InChI is InChI=1S/C16H17F3N4O/c1-10(2)9-15(24)21-14-8-7-13(22-23-14)20-12-5-3-11(4-6-12)16(17,18)19/h3-8,10H,9H2,1-2H3,(H,20,22)(H,21,23,24). The highest BCUT2D eigenvalue weighted by Crippen LogP contribution is 2.30. The molecule has 2 aromatic rings. The van der Waals surface area contributed by atoms with Crippen LogP contribution in [0.4, 0.5) is 30.5 Å². The van der Waals surface area contributed by atoms with Crippen molar-refractivity contribution in [2.45, 2.75) is 26.4 Å². The molecule has 0 saturated carbocycles. The molecule has 0 saturated heterocycles. The zero-order chi connectivity index (χ0) is 17.7. The summed E-state index contributed by atoms with van der Waals surface area (Å²) < 4.78 is 37.5. The van der Waals surface area contributed by atoms with Crippen molar-refractivity contribution in [1.29, 1.82) is 0 Å². The van der Waals surface area contributed by atoms with Crippen LogP contribution in [0.15, 0.2) is 36.4 Å². The van der Waals surface area contributed by atoms with Crippen LogP contribution < -0.4 is 10.6 Å². The summed E-state index contributed by atoms with van der Waals surface area (Å²) in [5.74, 6) is 0.761. The molecule has 0 aliphatic rings. The highest BCUT2D eigenvalue weighted by Gasteiger charge is 2.29. The third-order valence-electron chi connectivity index (χ3n) is 3.01. The molecule has 128 valence electrons. The molecule has 0 radical (unpaired) electrons. The van der Waals surface area contributed by atoms with Gasteiger partial charge in [-0.15, -0.1) is 10.2 Å². The van der Waals surface area contributed by atoms with E-state index in [1.807, 2.05) is 13.8 Å². The monoisotopic (exact) mass is 338 g/mol. The molecule has 2 N–H and O–H groups in total. The predicted octanol–water partition coefficient (Wildman–Crippen LogP) is 4.22. The summed E-state index contributed by atoms with van der Waals surface area (Å²) in [4.78, 5) is 11.6. The molecule has 5 nitrogen and oxygen atoms in total. The fourth-order valence-electron chi connectivity index (χ4n) is 1.92. The van der Waals surface area contributed by atoms with E-state index in [2.05, 4.69) is 20.8 Å². The average molecular weight is 338 g/mol. The number of carbonyl (C=O) groups is 1. The first-order chi connectivity index (χ1) is 11.2. The minimum absolute atomic E-state index is 0.150. The summed E-state index contributed by atoms with van der Waals surface area (Å²) in [6.07, 6.45) is -3.98. The van der Waals surface area contributed by atoms with E-state index in [0.717, 1.165) is 12.1 Å². The van der Waals surface area contributed by atoms with Crippen molar-refractivity contribution in [3.05, 3.63) is 42.0 Å². The Kier molecular flexibility index (Phi) is 5.38. The quantitative estimate of drug-likeness (QED) is 0.856. The number of rotatable bonds is 5. The second-order valence-corrected chi connectivity index (χ2v) is 5.65. The predicted molar refractivity (Wildman–Crippen MR) is 84.8 cm³/mol. The van der Waals surface area contributed by atoms with E-state index in [4.69, 9.17) is 0 Å². The third-order valence-corrected chi connectivity index (χ3v) is 3.01.